The summed E-state index contributed by atoms with van der Waals surface area (Å²) in [5.74, 6) is -0.186. The first-order valence-corrected chi connectivity index (χ1v) is 11.6. The molecule has 4 rings (SSSR count). The number of amides is 3. The fourth-order valence-corrected chi connectivity index (χ4v) is 4.36. The molecule has 34 heavy (non-hydrogen) atoms. The number of aryl methyl sites for hydroxylation is 2. The van der Waals surface area contributed by atoms with Crippen LogP contribution in [0.4, 0.5) is 10.5 Å². The fraction of sp³-hybridized carbons (Fsp3) is 0.148. The number of hydrogen-bond donors (Lipinski definition) is 1. The molecule has 1 aliphatic rings. The number of hydrogen-bond acceptors (Lipinski definition) is 5. The maximum Gasteiger partial charge on any atom is 0.294 e. The molecule has 3 aromatic carbocycles. The summed E-state index contributed by atoms with van der Waals surface area (Å²) in [6.45, 7) is 3.91. The van der Waals surface area contributed by atoms with Gasteiger partial charge in [-0.2, -0.15) is 0 Å². The van der Waals surface area contributed by atoms with Crippen LogP contribution in [0.2, 0.25) is 0 Å². The largest absolute Gasteiger partial charge is 0.489 e. The number of carbonyl (C=O) groups excluding carboxylic acids is 3. The van der Waals surface area contributed by atoms with E-state index in [0.29, 0.717) is 18.0 Å². The smallest absolute Gasteiger partial charge is 0.294 e. The number of carbonyl (C=O) groups is 3. The van der Waals surface area contributed by atoms with E-state index in [1.54, 1.807) is 6.08 Å². The van der Waals surface area contributed by atoms with Crippen LogP contribution in [0.3, 0.4) is 0 Å². The SMILES string of the molecule is Cc1cccc(C)c1NC(=O)CN1C(=O)S/C(=C/c2ccc(OCc3ccccc3)cc2)C1=O. The van der Waals surface area contributed by atoms with Crippen molar-refractivity contribution >= 4 is 40.6 Å². The highest BCUT2D eigenvalue weighted by molar-refractivity contribution is 8.18. The molecule has 3 amide bonds. The first kappa shape index (κ1) is 23.3. The molecule has 0 aliphatic carbocycles. The summed E-state index contributed by atoms with van der Waals surface area (Å²) in [4.78, 5) is 39.0. The van der Waals surface area contributed by atoms with Crippen LogP contribution in [0.1, 0.15) is 22.3 Å². The average Bonchev–Trinajstić information content (AvgIpc) is 3.09. The van der Waals surface area contributed by atoms with E-state index in [9.17, 15) is 14.4 Å². The van der Waals surface area contributed by atoms with Crippen molar-refractivity contribution in [2.45, 2.75) is 20.5 Å². The number of nitrogens with one attached hydrogen (secondary N) is 1. The standard InChI is InChI=1S/C27H24N2O4S/c1-18-7-6-8-19(2)25(18)28-24(30)16-29-26(31)23(34-27(29)32)15-20-11-13-22(14-12-20)33-17-21-9-4-3-5-10-21/h3-15H,16-17H2,1-2H3,(H,28,30)/b23-15+. The van der Waals surface area contributed by atoms with Gasteiger partial charge in [-0.05, 0) is 66.1 Å². The molecule has 0 radical (unpaired) electrons. The van der Waals surface area contributed by atoms with Gasteiger partial charge >= 0.3 is 0 Å². The zero-order chi connectivity index (χ0) is 24.1. The van der Waals surface area contributed by atoms with Crippen molar-refractivity contribution in [1.82, 2.24) is 4.90 Å². The van der Waals surface area contributed by atoms with Crippen LogP contribution < -0.4 is 10.1 Å². The molecule has 0 unspecified atom stereocenters. The van der Waals surface area contributed by atoms with Gasteiger partial charge in [-0.1, -0.05) is 60.7 Å². The summed E-state index contributed by atoms with van der Waals surface area (Å²) in [6.07, 6.45) is 1.65. The number of rotatable bonds is 7. The van der Waals surface area contributed by atoms with Crippen LogP contribution in [0.25, 0.3) is 6.08 Å². The molecule has 6 nitrogen and oxygen atoms in total. The van der Waals surface area contributed by atoms with E-state index in [4.69, 9.17) is 4.74 Å². The Labute approximate surface area is 202 Å². The summed E-state index contributed by atoms with van der Waals surface area (Å²) in [5.41, 5.74) is 4.36. The molecule has 1 fully saturated rings. The number of imide groups is 1. The number of anilines is 1. The Hall–Kier alpha value is -3.84. The Morgan fingerprint density at radius 1 is 0.941 bits per heavy atom. The van der Waals surface area contributed by atoms with Gasteiger partial charge in [0.2, 0.25) is 5.91 Å². The third kappa shape index (κ3) is 5.55. The van der Waals surface area contributed by atoms with E-state index < -0.39 is 17.1 Å². The molecule has 0 atom stereocenters. The van der Waals surface area contributed by atoms with E-state index in [1.165, 1.54) is 0 Å². The molecular weight excluding hydrogens is 448 g/mol. The number of benzene rings is 3. The van der Waals surface area contributed by atoms with E-state index in [0.717, 1.165) is 38.9 Å². The number of nitrogens with zero attached hydrogens (tertiary/aromatic N) is 1. The molecule has 0 bridgehead atoms. The molecule has 1 aliphatic heterocycles. The van der Waals surface area contributed by atoms with Crippen molar-refractivity contribution in [2.24, 2.45) is 0 Å². The first-order chi connectivity index (χ1) is 16.4. The van der Waals surface area contributed by atoms with Gasteiger partial charge in [0.15, 0.2) is 0 Å². The summed E-state index contributed by atoms with van der Waals surface area (Å²) in [6, 6.07) is 22.8. The second kappa shape index (κ2) is 10.4. The number of thioether (sulfide) groups is 1. The van der Waals surface area contributed by atoms with Gasteiger partial charge in [-0.25, -0.2) is 0 Å². The molecule has 0 aromatic heterocycles. The molecular formula is C27H24N2O4S. The van der Waals surface area contributed by atoms with Crippen LogP contribution in [0.5, 0.6) is 5.75 Å². The Morgan fingerprint density at radius 2 is 1.62 bits per heavy atom. The van der Waals surface area contributed by atoms with Gasteiger partial charge in [-0.15, -0.1) is 0 Å². The zero-order valence-electron chi connectivity index (χ0n) is 18.9. The van der Waals surface area contributed by atoms with E-state index in [-0.39, 0.29) is 11.4 Å². The van der Waals surface area contributed by atoms with E-state index in [2.05, 4.69) is 5.32 Å². The predicted molar refractivity (Wildman–Crippen MR) is 134 cm³/mol. The predicted octanol–water partition coefficient (Wildman–Crippen LogP) is 5.56. The molecule has 0 saturated carbocycles. The average molecular weight is 473 g/mol. The summed E-state index contributed by atoms with van der Waals surface area (Å²) in [7, 11) is 0. The van der Waals surface area contributed by atoms with Crippen LogP contribution >= 0.6 is 11.8 Å². The highest BCUT2D eigenvalue weighted by atomic mass is 32.2. The van der Waals surface area contributed by atoms with Crippen LogP contribution in [-0.2, 0) is 16.2 Å². The molecule has 1 heterocycles. The van der Waals surface area contributed by atoms with Crippen molar-refractivity contribution < 1.29 is 19.1 Å². The maximum absolute atomic E-state index is 12.8. The van der Waals surface area contributed by atoms with Gasteiger partial charge in [-0.3, -0.25) is 19.3 Å². The zero-order valence-corrected chi connectivity index (χ0v) is 19.7. The minimum absolute atomic E-state index is 0.280. The third-order valence-corrected chi connectivity index (χ3v) is 6.25. The molecule has 1 N–H and O–H groups in total. The second-order valence-electron chi connectivity index (χ2n) is 7.93. The Kier molecular flexibility index (Phi) is 7.13. The van der Waals surface area contributed by atoms with Gasteiger partial charge in [0.1, 0.15) is 18.9 Å². The summed E-state index contributed by atoms with van der Waals surface area (Å²) < 4.78 is 5.78. The fourth-order valence-electron chi connectivity index (χ4n) is 3.52. The highest BCUT2D eigenvalue weighted by Crippen LogP contribution is 2.32. The van der Waals surface area contributed by atoms with Crippen molar-refractivity contribution in [3.63, 3.8) is 0 Å². The first-order valence-electron chi connectivity index (χ1n) is 10.8. The van der Waals surface area contributed by atoms with Crippen molar-refractivity contribution in [3.05, 3.63) is 100.0 Å². The third-order valence-electron chi connectivity index (χ3n) is 5.35. The lowest BCUT2D eigenvalue weighted by Crippen LogP contribution is -2.36. The van der Waals surface area contributed by atoms with Crippen molar-refractivity contribution in [3.8, 4) is 5.75 Å². The monoisotopic (exact) mass is 472 g/mol. The quantitative estimate of drug-likeness (QED) is 0.456. The minimum Gasteiger partial charge on any atom is -0.489 e. The Morgan fingerprint density at radius 3 is 2.29 bits per heavy atom. The number of ether oxygens (including phenoxy) is 1. The molecule has 1 saturated heterocycles. The molecule has 172 valence electrons. The van der Waals surface area contributed by atoms with Crippen LogP contribution in [0.15, 0.2) is 77.7 Å². The van der Waals surface area contributed by atoms with E-state index in [1.807, 2.05) is 86.6 Å². The van der Waals surface area contributed by atoms with Gasteiger partial charge in [0.25, 0.3) is 11.1 Å². The Balaban J connectivity index is 1.38. The van der Waals surface area contributed by atoms with Crippen molar-refractivity contribution in [1.29, 1.82) is 0 Å². The van der Waals surface area contributed by atoms with Gasteiger partial charge in [0, 0.05) is 5.69 Å². The van der Waals surface area contributed by atoms with Gasteiger partial charge in [0.05, 0.1) is 4.91 Å². The molecule has 3 aromatic rings. The van der Waals surface area contributed by atoms with Crippen LogP contribution in [0, 0.1) is 13.8 Å². The topological polar surface area (TPSA) is 75.7 Å². The normalized spacial score (nSPS) is 14.5. The maximum atomic E-state index is 12.8. The minimum atomic E-state index is -0.476. The summed E-state index contributed by atoms with van der Waals surface area (Å²) >= 11 is 0.830. The lowest BCUT2D eigenvalue weighted by Gasteiger charge is -2.15. The highest BCUT2D eigenvalue weighted by Gasteiger charge is 2.36. The molecule has 0 spiro atoms. The lowest BCUT2D eigenvalue weighted by atomic mass is 10.1. The van der Waals surface area contributed by atoms with E-state index >= 15 is 0 Å². The van der Waals surface area contributed by atoms with Gasteiger partial charge < -0.3 is 10.1 Å². The van der Waals surface area contributed by atoms with Crippen LogP contribution in [-0.4, -0.2) is 28.5 Å². The second-order valence-corrected chi connectivity index (χ2v) is 8.92. The number of para-hydroxylation sites is 1. The van der Waals surface area contributed by atoms with Crippen molar-refractivity contribution in [2.75, 3.05) is 11.9 Å². The lowest BCUT2D eigenvalue weighted by molar-refractivity contribution is -0.127. The Bertz CT molecular complexity index is 1230. The summed E-state index contributed by atoms with van der Waals surface area (Å²) in [5, 5.41) is 2.35. The molecule has 7 heteroatoms.